The molecule has 0 bridgehead atoms. The quantitative estimate of drug-likeness (QED) is 0.0261. The first-order valence-electron chi connectivity index (χ1n) is 33.0. The number of ether oxygens (including phenoxy) is 3. The van der Waals surface area contributed by atoms with Crippen molar-refractivity contribution in [2.75, 3.05) is 13.2 Å². The van der Waals surface area contributed by atoms with Gasteiger partial charge in [-0.25, -0.2) is 0 Å². The van der Waals surface area contributed by atoms with Gasteiger partial charge in [-0.2, -0.15) is 0 Å². The van der Waals surface area contributed by atoms with Gasteiger partial charge in [0, 0.05) is 19.3 Å². The molecule has 0 fully saturated rings. The molecule has 0 saturated heterocycles. The van der Waals surface area contributed by atoms with Crippen molar-refractivity contribution in [3.63, 3.8) is 0 Å². The van der Waals surface area contributed by atoms with Crippen LogP contribution in [0.1, 0.15) is 278 Å². The van der Waals surface area contributed by atoms with Crippen LogP contribution >= 0.6 is 0 Å². The van der Waals surface area contributed by atoms with Crippen LogP contribution in [-0.4, -0.2) is 37.2 Å². The minimum Gasteiger partial charge on any atom is -0.462 e. The average Bonchev–Trinajstić information content (AvgIpc) is 3.47. The Bertz CT molecular complexity index is 1810. The third-order valence-corrected chi connectivity index (χ3v) is 13.5. The van der Waals surface area contributed by atoms with Crippen molar-refractivity contribution in [1.29, 1.82) is 0 Å². The lowest BCUT2D eigenvalue weighted by molar-refractivity contribution is -0.167. The fraction of sp³-hybridized carbons (Fsp3) is 0.613. The van der Waals surface area contributed by atoms with Gasteiger partial charge < -0.3 is 14.2 Å². The molecule has 0 N–H and O–H groups in total. The molecule has 1 atom stereocenters. The number of carbonyl (C=O) groups is 3. The Morgan fingerprint density at radius 1 is 0.259 bits per heavy atom. The highest BCUT2D eigenvalue weighted by Crippen LogP contribution is 2.15. The van der Waals surface area contributed by atoms with Crippen LogP contribution in [0.25, 0.3) is 0 Å². The van der Waals surface area contributed by atoms with E-state index < -0.39 is 6.10 Å². The van der Waals surface area contributed by atoms with Gasteiger partial charge >= 0.3 is 17.9 Å². The number of carbonyl (C=O) groups excluding carboxylic acids is 3. The predicted octanol–water partition coefficient (Wildman–Crippen LogP) is 22.9. The lowest BCUT2D eigenvalue weighted by Gasteiger charge is -2.18. The molecule has 0 aliphatic carbocycles. The van der Waals surface area contributed by atoms with E-state index in [9.17, 15) is 14.4 Å². The maximum atomic E-state index is 12.9. The van der Waals surface area contributed by atoms with Crippen LogP contribution in [0.3, 0.4) is 0 Å². The second-order valence-corrected chi connectivity index (χ2v) is 21.3. The van der Waals surface area contributed by atoms with Crippen molar-refractivity contribution < 1.29 is 28.6 Å². The smallest absolute Gasteiger partial charge is 0.306 e. The first kappa shape index (κ1) is 76.0. The summed E-state index contributed by atoms with van der Waals surface area (Å²) < 4.78 is 16.9. The standard InChI is InChI=1S/C75H120O6/c1-4-7-10-13-16-19-22-24-26-28-30-32-33-34-35-36-37-38-39-40-41-43-44-46-48-50-53-56-59-62-65-68-74(77)80-71-72(70-79-73(76)67-64-61-58-55-52-21-18-15-12-9-6-3)81-75(78)69-66-63-60-57-54-51-49-47-45-42-31-29-27-25-23-20-17-14-11-8-5-2/h7-8,10-11,15-20,24-27,30-32,34-35,37-38,40-42,44,46,72H,4-6,9,12-14,21-23,28-29,33,36,39,43,45,47-71H2,1-3H3/b10-7-,11-8-,18-15-,19-16-,20-17-,26-24-,27-25-,32-30-,35-34-,38-37-,41-40-,42-31-,46-44-. The minimum absolute atomic E-state index is 0.0958. The summed E-state index contributed by atoms with van der Waals surface area (Å²) in [6.45, 7) is 6.35. The number of unbranched alkanes of at least 4 members (excludes halogenated alkanes) is 21. The maximum absolute atomic E-state index is 12.9. The van der Waals surface area contributed by atoms with Crippen molar-refractivity contribution in [3.8, 4) is 0 Å². The second-order valence-electron chi connectivity index (χ2n) is 21.3. The van der Waals surface area contributed by atoms with Gasteiger partial charge in [0.2, 0.25) is 0 Å². The highest BCUT2D eigenvalue weighted by atomic mass is 16.6. The molecule has 0 radical (unpaired) electrons. The summed E-state index contributed by atoms with van der Waals surface area (Å²) >= 11 is 0. The number of rotatable bonds is 58. The van der Waals surface area contributed by atoms with Gasteiger partial charge in [0.1, 0.15) is 13.2 Å². The van der Waals surface area contributed by atoms with Crippen molar-refractivity contribution in [2.24, 2.45) is 0 Å². The largest absolute Gasteiger partial charge is 0.462 e. The van der Waals surface area contributed by atoms with Crippen molar-refractivity contribution >= 4 is 17.9 Å². The Kier molecular flexibility index (Phi) is 63.4. The first-order chi connectivity index (χ1) is 40.0. The van der Waals surface area contributed by atoms with Gasteiger partial charge in [-0.05, 0) is 141 Å². The molecule has 0 aliphatic rings. The van der Waals surface area contributed by atoms with E-state index in [1.165, 1.54) is 70.6 Å². The maximum Gasteiger partial charge on any atom is 0.306 e. The number of hydrogen-bond acceptors (Lipinski definition) is 6. The lowest BCUT2D eigenvalue weighted by atomic mass is 10.1. The van der Waals surface area contributed by atoms with E-state index in [1.54, 1.807) is 0 Å². The molecule has 6 nitrogen and oxygen atoms in total. The van der Waals surface area contributed by atoms with Gasteiger partial charge in [0.25, 0.3) is 0 Å². The summed E-state index contributed by atoms with van der Waals surface area (Å²) in [5.41, 5.74) is 0. The topological polar surface area (TPSA) is 78.9 Å². The minimum atomic E-state index is -0.800. The SMILES string of the molecule is CC/C=C\C/C=C\C/C=C\C/C=C\C/C=C\C/C=C\C/C=C\C/C=C\CCCCCCCCC(=O)OCC(COC(=O)CCCCCCC/C=C\CCCC)OC(=O)CCCCCCCCCC/C=C\C/C=C\C/C=C\C/C=C\CC. The number of hydrogen-bond donors (Lipinski definition) is 0. The summed E-state index contributed by atoms with van der Waals surface area (Å²) in [7, 11) is 0. The highest BCUT2D eigenvalue weighted by molar-refractivity contribution is 5.71. The van der Waals surface area contributed by atoms with Crippen LogP contribution in [-0.2, 0) is 28.6 Å². The number of esters is 3. The Morgan fingerprint density at radius 2 is 0.481 bits per heavy atom. The molecule has 0 amide bonds. The Labute approximate surface area is 499 Å². The zero-order valence-corrected chi connectivity index (χ0v) is 52.2. The van der Waals surface area contributed by atoms with Crippen LogP contribution in [0.15, 0.2) is 158 Å². The second kappa shape index (κ2) is 67.5. The molecule has 0 aromatic heterocycles. The summed E-state index contributed by atoms with van der Waals surface area (Å²) in [5.74, 6) is -0.930. The molecule has 456 valence electrons. The molecule has 81 heavy (non-hydrogen) atoms. The first-order valence-corrected chi connectivity index (χ1v) is 33.0. The number of allylic oxidation sites excluding steroid dienone is 26. The normalized spacial score (nSPS) is 13.2. The van der Waals surface area contributed by atoms with E-state index in [0.717, 1.165) is 167 Å². The van der Waals surface area contributed by atoms with Crippen molar-refractivity contribution in [2.45, 2.75) is 284 Å². The highest BCUT2D eigenvalue weighted by Gasteiger charge is 2.19. The predicted molar refractivity (Wildman–Crippen MR) is 352 cm³/mol. The third-order valence-electron chi connectivity index (χ3n) is 13.5. The van der Waals surface area contributed by atoms with Crippen LogP contribution in [0.5, 0.6) is 0 Å². The van der Waals surface area contributed by atoms with E-state index in [2.05, 4.69) is 179 Å². The Hall–Kier alpha value is -4.97. The molecule has 0 aromatic carbocycles. The molecule has 0 saturated carbocycles. The van der Waals surface area contributed by atoms with Gasteiger partial charge in [-0.3, -0.25) is 14.4 Å². The average molecular weight is 1120 g/mol. The van der Waals surface area contributed by atoms with E-state index >= 15 is 0 Å². The van der Waals surface area contributed by atoms with Gasteiger partial charge in [0.15, 0.2) is 6.10 Å². The monoisotopic (exact) mass is 1120 g/mol. The molecule has 0 heterocycles. The van der Waals surface area contributed by atoms with Crippen LogP contribution in [0.4, 0.5) is 0 Å². The van der Waals surface area contributed by atoms with Crippen LogP contribution in [0, 0.1) is 0 Å². The van der Waals surface area contributed by atoms with Gasteiger partial charge in [-0.15, -0.1) is 0 Å². The third kappa shape index (κ3) is 65.7. The van der Waals surface area contributed by atoms with Crippen LogP contribution in [0.2, 0.25) is 0 Å². The Morgan fingerprint density at radius 3 is 0.765 bits per heavy atom. The van der Waals surface area contributed by atoms with Crippen molar-refractivity contribution in [3.05, 3.63) is 158 Å². The molecule has 6 heteroatoms. The summed E-state index contributed by atoms with van der Waals surface area (Å²) in [5, 5.41) is 0. The van der Waals surface area contributed by atoms with Crippen LogP contribution < -0.4 is 0 Å². The summed E-state index contributed by atoms with van der Waals surface area (Å²) in [4.78, 5) is 38.3. The lowest BCUT2D eigenvalue weighted by Crippen LogP contribution is -2.30. The fourth-order valence-corrected chi connectivity index (χ4v) is 8.61. The van der Waals surface area contributed by atoms with Gasteiger partial charge in [-0.1, -0.05) is 275 Å². The zero-order valence-electron chi connectivity index (χ0n) is 52.2. The van der Waals surface area contributed by atoms with E-state index in [4.69, 9.17) is 14.2 Å². The molecule has 1 unspecified atom stereocenters. The summed E-state index contributed by atoms with van der Waals surface area (Å²) in [6.07, 6.45) is 98.2. The Balaban J connectivity index is 4.34. The van der Waals surface area contributed by atoms with E-state index in [-0.39, 0.29) is 31.1 Å². The van der Waals surface area contributed by atoms with E-state index in [0.29, 0.717) is 19.3 Å². The van der Waals surface area contributed by atoms with E-state index in [1.807, 2.05) is 0 Å². The molecule has 0 aliphatic heterocycles. The molecular formula is C75H120O6. The van der Waals surface area contributed by atoms with Crippen molar-refractivity contribution in [1.82, 2.24) is 0 Å². The molecular weight excluding hydrogens is 997 g/mol. The molecule has 0 rings (SSSR count). The van der Waals surface area contributed by atoms with Gasteiger partial charge in [0.05, 0.1) is 0 Å². The summed E-state index contributed by atoms with van der Waals surface area (Å²) in [6, 6.07) is 0. The fourth-order valence-electron chi connectivity index (χ4n) is 8.61. The molecule has 0 spiro atoms. The molecule has 0 aromatic rings. The zero-order chi connectivity index (χ0) is 58.5.